The van der Waals surface area contributed by atoms with E-state index in [0.717, 1.165) is 26.1 Å². The van der Waals surface area contributed by atoms with Crippen molar-refractivity contribution < 1.29 is 9.84 Å². The Labute approximate surface area is 92.4 Å². The predicted octanol–water partition coefficient (Wildman–Crippen LogP) is 1.40. The maximum absolute atomic E-state index is 9.73. The number of rotatable bonds is 3. The summed E-state index contributed by atoms with van der Waals surface area (Å²) in [5.74, 6) is 0. The van der Waals surface area contributed by atoms with E-state index in [4.69, 9.17) is 4.74 Å². The van der Waals surface area contributed by atoms with E-state index in [0.29, 0.717) is 12.1 Å². The maximum atomic E-state index is 9.73. The highest BCUT2D eigenvalue weighted by Crippen LogP contribution is 2.30. The summed E-state index contributed by atoms with van der Waals surface area (Å²) in [5, 5.41) is 9.73. The van der Waals surface area contributed by atoms with Crippen molar-refractivity contribution >= 4 is 0 Å². The van der Waals surface area contributed by atoms with Gasteiger partial charge in [-0.3, -0.25) is 4.90 Å². The minimum atomic E-state index is -0.535. The zero-order valence-electron chi connectivity index (χ0n) is 9.91. The number of ether oxygens (including phenoxy) is 1. The fraction of sp³-hybridized carbons (Fsp3) is 1.00. The van der Waals surface area contributed by atoms with Gasteiger partial charge in [-0.1, -0.05) is 0 Å². The van der Waals surface area contributed by atoms with Gasteiger partial charge in [-0.05, 0) is 39.5 Å². The van der Waals surface area contributed by atoms with Crippen molar-refractivity contribution in [3.05, 3.63) is 0 Å². The van der Waals surface area contributed by atoms with Crippen LogP contribution in [0.2, 0.25) is 0 Å². The Morgan fingerprint density at radius 2 is 2.20 bits per heavy atom. The Kier molecular flexibility index (Phi) is 3.33. The zero-order chi connectivity index (χ0) is 10.9. The molecule has 0 aromatic heterocycles. The minimum Gasteiger partial charge on any atom is -0.390 e. The zero-order valence-corrected chi connectivity index (χ0v) is 9.91. The third kappa shape index (κ3) is 2.92. The molecule has 1 saturated carbocycles. The van der Waals surface area contributed by atoms with Gasteiger partial charge in [0.05, 0.1) is 18.3 Å². The van der Waals surface area contributed by atoms with Gasteiger partial charge in [-0.15, -0.1) is 0 Å². The van der Waals surface area contributed by atoms with Crippen molar-refractivity contribution in [2.24, 2.45) is 0 Å². The van der Waals surface area contributed by atoms with E-state index in [1.807, 2.05) is 13.8 Å². The molecule has 3 nitrogen and oxygen atoms in total. The average Bonchev–Trinajstić information content (AvgIpc) is 2.61. The molecule has 2 atom stereocenters. The molecule has 0 aromatic carbocycles. The molecule has 3 heteroatoms. The summed E-state index contributed by atoms with van der Waals surface area (Å²) in [4.78, 5) is 2.51. The fourth-order valence-electron chi connectivity index (χ4n) is 2.70. The van der Waals surface area contributed by atoms with Crippen LogP contribution in [0.4, 0.5) is 0 Å². The Morgan fingerprint density at radius 1 is 1.40 bits per heavy atom. The molecule has 1 N–H and O–H groups in total. The molecule has 0 spiro atoms. The Balaban J connectivity index is 1.85. The standard InChI is InChI=1S/C12H23NO2/c1-12(2,14)6-7-13-8-9-15-11-5-3-4-10(11)13/h10-11,14H,3-9H2,1-2H3. The summed E-state index contributed by atoms with van der Waals surface area (Å²) < 4.78 is 5.76. The number of hydrogen-bond donors (Lipinski definition) is 1. The summed E-state index contributed by atoms with van der Waals surface area (Å²) >= 11 is 0. The van der Waals surface area contributed by atoms with Crippen LogP contribution in [-0.4, -0.2) is 47.4 Å². The summed E-state index contributed by atoms with van der Waals surface area (Å²) in [7, 11) is 0. The molecule has 1 heterocycles. The van der Waals surface area contributed by atoms with Crippen molar-refractivity contribution in [2.75, 3.05) is 19.7 Å². The van der Waals surface area contributed by atoms with Crippen LogP contribution < -0.4 is 0 Å². The Bertz CT molecular complexity index is 212. The van der Waals surface area contributed by atoms with Gasteiger partial charge in [0.2, 0.25) is 0 Å². The van der Waals surface area contributed by atoms with E-state index in [9.17, 15) is 5.11 Å². The number of hydrogen-bond acceptors (Lipinski definition) is 3. The van der Waals surface area contributed by atoms with Crippen molar-refractivity contribution in [1.82, 2.24) is 4.90 Å². The Hall–Kier alpha value is -0.120. The molecule has 0 aromatic rings. The molecule has 0 amide bonds. The lowest BCUT2D eigenvalue weighted by Crippen LogP contribution is -2.49. The first kappa shape index (κ1) is 11.4. The third-order valence-corrected chi connectivity index (χ3v) is 3.61. The highest BCUT2D eigenvalue weighted by molar-refractivity contribution is 4.89. The van der Waals surface area contributed by atoms with Crippen LogP contribution in [0.25, 0.3) is 0 Å². The topological polar surface area (TPSA) is 32.7 Å². The molecular formula is C12H23NO2. The monoisotopic (exact) mass is 213 g/mol. The van der Waals surface area contributed by atoms with Crippen LogP contribution in [0, 0.1) is 0 Å². The molecule has 88 valence electrons. The summed E-state index contributed by atoms with van der Waals surface area (Å²) in [6.07, 6.45) is 5.13. The summed E-state index contributed by atoms with van der Waals surface area (Å²) in [6, 6.07) is 0.626. The van der Waals surface area contributed by atoms with E-state index in [1.165, 1.54) is 19.3 Å². The number of morpholine rings is 1. The normalized spacial score (nSPS) is 33.0. The molecule has 0 bridgehead atoms. The second-order valence-corrected chi connectivity index (χ2v) is 5.51. The van der Waals surface area contributed by atoms with Gasteiger partial charge in [-0.25, -0.2) is 0 Å². The molecule has 1 aliphatic heterocycles. The molecule has 2 fully saturated rings. The average molecular weight is 213 g/mol. The van der Waals surface area contributed by atoms with Crippen LogP contribution in [0.1, 0.15) is 39.5 Å². The van der Waals surface area contributed by atoms with E-state index in [2.05, 4.69) is 4.90 Å². The maximum Gasteiger partial charge on any atom is 0.0730 e. The lowest BCUT2D eigenvalue weighted by molar-refractivity contribution is -0.0626. The smallest absolute Gasteiger partial charge is 0.0730 e. The highest BCUT2D eigenvalue weighted by atomic mass is 16.5. The van der Waals surface area contributed by atoms with Gasteiger partial charge < -0.3 is 9.84 Å². The van der Waals surface area contributed by atoms with Crippen LogP contribution >= 0.6 is 0 Å². The van der Waals surface area contributed by atoms with Crippen molar-refractivity contribution in [1.29, 1.82) is 0 Å². The first-order valence-electron chi connectivity index (χ1n) is 6.14. The van der Waals surface area contributed by atoms with Crippen molar-refractivity contribution in [2.45, 2.75) is 57.3 Å². The van der Waals surface area contributed by atoms with Crippen molar-refractivity contribution in [3.8, 4) is 0 Å². The number of fused-ring (bicyclic) bond motifs is 1. The predicted molar refractivity (Wildman–Crippen MR) is 59.9 cm³/mol. The van der Waals surface area contributed by atoms with Gasteiger partial charge in [0.25, 0.3) is 0 Å². The fourth-order valence-corrected chi connectivity index (χ4v) is 2.70. The minimum absolute atomic E-state index is 0.473. The van der Waals surface area contributed by atoms with E-state index >= 15 is 0 Å². The molecule has 1 aliphatic carbocycles. The first-order valence-corrected chi connectivity index (χ1v) is 6.14. The van der Waals surface area contributed by atoms with Crippen LogP contribution in [0.3, 0.4) is 0 Å². The molecule has 2 rings (SSSR count). The molecule has 0 radical (unpaired) electrons. The van der Waals surface area contributed by atoms with Crippen molar-refractivity contribution in [3.63, 3.8) is 0 Å². The summed E-state index contributed by atoms with van der Waals surface area (Å²) in [6.45, 7) is 6.69. The number of nitrogens with zero attached hydrogens (tertiary/aromatic N) is 1. The van der Waals surface area contributed by atoms with E-state index < -0.39 is 5.60 Å². The lowest BCUT2D eigenvalue weighted by atomic mass is 10.0. The van der Waals surface area contributed by atoms with Gasteiger partial charge >= 0.3 is 0 Å². The molecule has 2 unspecified atom stereocenters. The van der Waals surface area contributed by atoms with Gasteiger partial charge in [-0.2, -0.15) is 0 Å². The molecular weight excluding hydrogens is 190 g/mol. The Morgan fingerprint density at radius 3 is 2.93 bits per heavy atom. The largest absolute Gasteiger partial charge is 0.390 e. The second kappa shape index (κ2) is 4.40. The number of aliphatic hydroxyl groups is 1. The lowest BCUT2D eigenvalue weighted by Gasteiger charge is -2.38. The SMILES string of the molecule is CC(C)(O)CCN1CCOC2CCCC21. The van der Waals surface area contributed by atoms with Crippen LogP contribution in [0.15, 0.2) is 0 Å². The quantitative estimate of drug-likeness (QED) is 0.769. The van der Waals surface area contributed by atoms with Gasteiger partial charge in [0.15, 0.2) is 0 Å². The third-order valence-electron chi connectivity index (χ3n) is 3.61. The second-order valence-electron chi connectivity index (χ2n) is 5.51. The van der Waals surface area contributed by atoms with Gasteiger partial charge in [0, 0.05) is 19.1 Å². The highest BCUT2D eigenvalue weighted by Gasteiger charge is 2.36. The first-order chi connectivity index (χ1) is 7.06. The van der Waals surface area contributed by atoms with E-state index in [-0.39, 0.29) is 0 Å². The van der Waals surface area contributed by atoms with Gasteiger partial charge in [0.1, 0.15) is 0 Å². The molecule has 1 saturated heterocycles. The summed E-state index contributed by atoms with van der Waals surface area (Å²) in [5.41, 5.74) is -0.535. The van der Waals surface area contributed by atoms with Crippen LogP contribution in [0.5, 0.6) is 0 Å². The molecule has 15 heavy (non-hydrogen) atoms. The van der Waals surface area contributed by atoms with Crippen LogP contribution in [-0.2, 0) is 4.74 Å². The van der Waals surface area contributed by atoms with E-state index in [1.54, 1.807) is 0 Å². The molecule has 2 aliphatic rings.